The van der Waals surface area contributed by atoms with Gasteiger partial charge < -0.3 is 14.2 Å². The van der Waals surface area contributed by atoms with E-state index in [4.69, 9.17) is 14.2 Å². The van der Waals surface area contributed by atoms with Gasteiger partial charge in [0.05, 0.1) is 0 Å². The molecule has 0 spiro atoms. The van der Waals surface area contributed by atoms with E-state index in [-0.39, 0.29) is 31.1 Å². The molecule has 0 N–H and O–H groups in total. The number of ether oxygens (including phenoxy) is 3. The summed E-state index contributed by atoms with van der Waals surface area (Å²) in [6.07, 6.45) is 49.5. The monoisotopic (exact) mass is 891 g/mol. The first-order valence-electron chi connectivity index (χ1n) is 28.1. The minimum absolute atomic E-state index is 0.0640. The van der Waals surface area contributed by atoms with Crippen LogP contribution in [0, 0.1) is 17.8 Å². The van der Waals surface area contributed by atoms with Gasteiger partial charge in [0.25, 0.3) is 0 Å². The Bertz CT molecular complexity index is 976. The summed E-state index contributed by atoms with van der Waals surface area (Å²) in [7, 11) is 0. The molecule has 0 aromatic heterocycles. The number of carbonyl (C=O) groups is 3. The van der Waals surface area contributed by atoms with E-state index in [0.717, 1.165) is 75.5 Å². The number of esters is 3. The fourth-order valence-corrected chi connectivity index (χ4v) is 8.65. The fourth-order valence-electron chi connectivity index (χ4n) is 8.65. The first kappa shape index (κ1) is 61.4. The van der Waals surface area contributed by atoms with Crippen LogP contribution in [-0.4, -0.2) is 37.2 Å². The largest absolute Gasteiger partial charge is 0.462 e. The molecule has 0 radical (unpaired) electrons. The first-order chi connectivity index (χ1) is 30.6. The Morgan fingerprint density at radius 2 is 0.460 bits per heavy atom. The number of hydrogen-bond acceptors (Lipinski definition) is 6. The van der Waals surface area contributed by atoms with Crippen molar-refractivity contribution in [3.05, 3.63) is 0 Å². The summed E-state index contributed by atoms with van der Waals surface area (Å²) in [4.78, 5) is 38.1. The highest BCUT2D eigenvalue weighted by Crippen LogP contribution is 2.18. The third kappa shape index (κ3) is 51.3. The highest BCUT2D eigenvalue weighted by Gasteiger charge is 2.19. The standard InChI is InChI=1S/C57H110O6/c1-51(2)43-37-31-25-19-15-11-7-9-13-17-21-28-34-40-46-55(58)61-49-54(50-62-56(59)47-41-35-29-24-23-27-33-39-45-53(5)6)63-57(60)48-42-36-30-22-18-14-10-8-12-16-20-26-32-38-44-52(3)4/h51-54H,7-50H2,1-6H3/t54-/m0/s1. The zero-order valence-corrected chi connectivity index (χ0v) is 43.4. The lowest BCUT2D eigenvalue weighted by atomic mass is 10.0. The normalized spacial score (nSPS) is 12.1. The minimum Gasteiger partial charge on any atom is -0.462 e. The van der Waals surface area contributed by atoms with E-state index in [1.807, 2.05) is 0 Å². The van der Waals surface area contributed by atoms with Gasteiger partial charge >= 0.3 is 17.9 Å². The third-order valence-corrected chi connectivity index (χ3v) is 12.9. The highest BCUT2D eigenvalue weighted by molar-refractivity contribution is 5.71. The molecule has 0 fully saturated rings. The van der Waals surface area contributed by atoms with Gasteiger partial charge in [0, 0.05) is 19.3 Å². The summed E-state index contributed by atoms with van der Waals surface area (Å²) in [6.45, 7) is 13.7. The molecule has 1 atom stereocenters. The van der Waals surface area contributed by atoms with Crippen LogP contribution in [0.5, 0.6) is 0 Å². The van der Waals surface area contributed by atoms with E-state index >= 15 is 0 Å². The van der Waals surface area contributed by atoms with Crippen LogP contribution < -0.4 is 0 Å². The Labute approximate surface area is 393 Å². The Morgan fingerprint density at radius 3 is 0.683 bits per heavy atom. The van der Waals surface area contributed by atoms with Gasteiger partial charge in [-0.1, -0.05) is 273 Å². The summed E-state index contributed by atoms with van der Waals surface area (Å²) < 4.78 is 16.9. The van der Waals surface area contributed by atoms with Crippen LogP contribution in [0.1, 0.15) is 311 Å². The Morgan fingerprint density at radius 1 is 0.270 bits per heavy atom. The molecule has 0 bridgehead atoms. The maximum atomic E-state index is 12.8. The van der Waals surface area contributed by atoms with Crippen molar-refractivity contribution < 1.29 is 28.6 Å². The molecule has 0 saturated heterocycles. The number of rotatable bonds is 50. The van der Waals surface area contributed by atoms with Crippen LogP contribution >= 0.6 is 0 Å². The second-order valence-electron chi connectivity index (χ2n) is 21.0. The van der Waals surface area contributed by atoms with Crippen molar-refractivity contribution >= 4 is 17.9 Å². The second-order valence-corrected chi connectivity index (χ2v) is 21.0. The molecule has 6 heteroatoms. The minimum atomic E-state index is -0.763. The molecule has 0 heterocycles. The van der Waals surface area contributed by atoms with Crippen LogP contribution in [0.2, 0.25) is 0 Å². The fraction of sp³-hybridized carbons (Fsp3) is 0.947. The summed E-state index contributed by atoms with van der Waals surface area (Å²) in [6, 6.07) is 0. The molecule has 0 saturated carbocycles. The van der Waals surface area contributed by atoms with Crippen LogP contribution in [0.15, 0.2) is 0 Å². The molecule has 0 rings (SSSR count). The summed E-state index contributed by atoms with van der Waals surface area (Å²) >= 11 is 0. The van der Waals surface area contributed by atoms with E-state index in [1.54, 1.807) is 0 Å². The molecule has 0 aromatic rings. The summed E-state index contributed by atoms with van der Waals surface area (Å²) in [5.41, 5.74) is 0. The molecule has 374 valence electrons. The topological polar surface area (TPSA) is 78.9 Å². The molecule has 0 unspecified atom stereocenters. The van der Waals surface area contributed by atoms with Crippen molar-refractivity contribution in [3.63, 3.8) is 0 Å². The lowest BCUT2D eigenvalue weighted by Crippen LogP contribution is -2.30. The Balaban J connectivity index is 4.28. The predicted octanol–water partition coefficient (Wildman–Crippen LogP) is 18.3. The molecule has 0 aliphatic carbocycles. The SMILES string of the molecule is CC(C)CCCCCCCCCCCCCCCCC(=O)OC[C@@H](COC(=O)CCCCCCCCCCC(C)C)OC(=O)CCCCCCCCCCCCCCCCC(C)C. The average Bonchev–Trinajstić information content (AvgIpc) is 3.24. The average molecular weight is 892 g/mol. The summed E-state index contributed by atoms with van der Waals surface area (Å²) in [5, 5.41) is 0. The predicted molar refractivity (Wildman–Crippen MR) is 270 cm³/mol. The molecule has 0 aliphatic heterocycles. The number of unbranched alkanes of at least 4 members (excludes halogenated alkanes) is 33. The lowest BCUT2D eigenvalue weighted by molar-refractivity contribution is -0.167. The Hall–Kier alpha value is -1.59. The van der Waals surface area contributed by atoms with Gasteiger partial charge in [-0.05, 0) is 37.0 Å². The zero-order chi connectivity index (χ0) is 46.3. The van der Waals surface area contributed by atoms with E-state index < -0.39 is 6.10 Å². The van der Waals surface area contributed by atoms with Crippen molar-refractivity contribution in [1.29, 1.82) is 0 Å². The van der Waals surface area contributed by atoms with Gasteiger partial charge in [-0.3, -0.25) is 14.4 Å². The van der Waals surface area contributed by atoms with Crippen molar-refractivity contribution in [2.75, 3.05) is 13.2 Å². The van der Waals surface area contributed by atoms with Gasteiger partial charge in [0.1, 0.15) is 13.2 Å². The van der Waals surface area contributed by atoms with E-state index in [1.165, 1.54) is 193 Å². The second kappa shape index (κ2) is 48.3. The van der Waals surface area contributed by atoms with E-state index in [2.05, 4.69) is 41.5 Å². The highest BCUT2D eigenvalue weighted by atomic mass is 16.6. The number of hydrogen-bond donors (Lipinski definition) is 0. The molecule has 63 heavy (non-hydrogen) atoms. The van der Waals surface area contributed by atoms with Gasteiger partial charge in [0.15, 0.2) is 6.10 Å². The van der Waals surface area contributed by atoms with Crippen LogP contribution in [-0.2, 0) is 28.6 Å². The van der Waals surface area contributed by atoms with Crippen LogP contribution in [0.3, 0.4) is 0 Å². The van der Waals surface area contributed by atoms with Crippen molar-refractivity contribution in [1.82, 2.24) is 0 Å². The lowest BCUT2D eigenvalue weighted by Gasteiger charge is -2.18. The number of carbonyl (C=O) groups excluding carboxylic acids is 3. The quantitative estimate of drug-likeness (QED) is 0.0344. The summed E-state index contributed by atoms with van der Waals surface area (Å²) in [5.74, 6) is 1.64. The van der Waals surface area contributed by atoms with Gasteiger partial charge in [0.2, 0.25) is 0 Å². The zero-order valence-electron chi connectivity index (χ0n) is 43.4. The van der Waals surface area contributed by atoms with Gasteiger partial charge in [-0.15, -0.1) is 0 Å². The Kier molecular flexibility index (Phi) is 47.1. The molecule has 0 aliphatic rings. The van der Waals surface area contributed by atoms with Crippen molar-refractivity contribution in [2.45, 2.75) is 317 Å². The maximum absolute atomic E-state index is 12.8. The third-order valence-electron chi connectivity index (χ3n) is 12.9. The molecular formula is C57H110O6. The van der Waals surface area contributed by atoms with Crippen molar-refractivity contribution in [3.8, 4) is 0 Å². The molecule has 0 amide bonds. The molecule has 6 nitrogen and oxygen atoms in total. The molecular weight excluding hydrogens is 781 g/mol. The van der Waals surface area contributed by atoms with Crippen molar-refractivity contribution in [2.24, 2.45) is 17.8 Å². The first-order valence-corrected chi connectivity index (χ1v) is 28.1. The van der Waals surface area contributed by atoms with Gasteiger partial charge in [-0.2, -0.15) is 0 Å². The van der Waals surface area contributed by atoms with E-state index in [0.29, 0.717) is 19.3 Å². The van der Waals surface area contributed by atoms with E-state index in [9.17, 15) is 14.4 Å². The van der Waals surface area contributed by atoms with Crippen LogP contribution in [0.4, 0.5) is 0 Å². The molecule has 0 aromatic carbocycles. The van der Waals surface area contributed by atoms with Crippen LogP contribution in [0.25, 0.3) is 0 Å². The smallest absolute Gasteiger partial charge is 0.306 e. The van der Waals surface area contributed by atoms with Gasteiger partial charge in [-0.25, -0.2) is 0 Å². The maximum Gasteiger partial charge on any atom is 0.306 e.